The van der Waals surface area contributed by atoms with Crippen LogP contribution in [0.1, 0.15) is 17.5 Å². The minimum absolute atomic E-state index is 0.230. The van der Waals surface area contributed by atoms with Crippen LogP contribution in [-0.2, 0) is 11.2 Å². The van der Waals surface area contributed by atoms with Crippen LogP contribution in [0.5, 0.6) is 5.75 Å². The Hall–Kier alpha value is -2.30. The third-order valence-electron chi connectivity index (χ3n) is 3.79. The number of carbonyl (C=O) groups excluding carboxylic acids is 1. The number of benzene rings is 2. The Labute approximate surface area is 156 Å². The van der Waals surface area contributed by atoms with Gasteiger partial charge in [-0.05, 0) is 47.9 Å². The zero-order valence-electron chi connectivity index (χ0n) is 13.6. The molecular weight excluding hydrogens is 359 g/mol. The number of amidine groups is 1. The molecule has 0 aliphatic carbocycles. The van der Waals surface area contributed by atoms with E-state index in [-0.39, 0.29) is 5.91 Å². The van der Waals surface area contributed by atoms with Crippen molar-refractivity contribution < 1.29 is 9.53 Å². The van der Waals surface area contributed by atoms with Crippen LogP contribution in [0, 0.1) is 0 Å². The lowest BCUT2D eigenvalue weighted by Crippen LogP contribution is -2.24. The number of hydrogen-bond acceptors (Lipinski definition) is 3. The third kappa shape index (κ3) is 4.41. The van der Waals surface area contributed by atoms with Gasteiger partial charge in [-0.15, -0.1) is 0 Å². The first-order chi connectivity index (χ1) is 12.0. The minimum Gasteiger partial charge on any atom is -0.497 e. The van der Waals surface area contributed by atoms with Crippen LogP contribution in [0.2, 0.25) is 10.0 Å². The van der Waals surface area contributed by atoms with Crippen LogP contribution in [-0.4, -0.2) is 18.9 Å². The van der Waals surface area contributed by atoms with Gasteiger partial charge in [0.1, 0.15) is 17.3 Å². The fraction of sp³-hybridized carbons (Fsp3) is 0.158. The molecule has 3 rings (SSSR count). The van der Waals surface area contributed by atoms with E-state index in [2.05, 4.69) is 10.3 Å². The van der Waals surface area contributed by atoms with Gasteiger partial charge < -0.3 is 10.1 Å². The lowest BCUT2D eigenvalue weighted by Gasteiger charge is -2.04. The Balaban J connectivity index is 1.72. The topological polar surface area (TPSA) is 50.7 Å². The molecule has 6 heteroatoms. The molecule has 0 spiro atoms. The third-order valence-corrected chi connectivity index (χ3v) is 4.35. The fourth-order valence-electron chi connectivity index (χ4n) is 2.49. The van der Waals surface area contributed by atoms with E-state index in [4.69, 9.17) is 27.9 Å². The number of methoxy groups -OCH3 is 1. The lowest BCUT2D eigenvalue weighted by molar-refractivity contribution is -0.115. The summed E-state index contributed by atoms with van der Waals surface area (Å²) in [6.45, 7) is 0. The van der Waals surface area contributed by atoms with E-state index in [1.807, 2.05) is 24.3 Å². The molecule has 1 heterocycles. The molecule has 1 N–H and O–H groups in total. The van der Waals surface area contributed by atoms with Gasteiger partial charge in [-0.1, -0.05) is 41.4 Å². The van der Waals surface area contributed by atoms with Crippen LogP contribution < -0.4 is 10.1 Å². The quantitative estimate of drug-likeness (QED) is 0.783. The lowest BCUT2D eigenvalue weighted by atomic mass is 10.1. The number of nitrogens with one attached hydrogen (secondary N) is 1. The van der Waals surface area contributed by atoms with Crippen molar-refractivity contribution in [3.05, 3.63) is 69.3 Å². The maximum absolute atomic E-state index is 12.1. The van der Waals surface area contributed by atoms with E-state index in [0.29, 0.717) is 33.6 Å². The van der Waals surface area contributed by atoms with Crippen LogP contribution in [0.25, 0.3) is 6.08 Å². The second-order valence-corrected chi connectivity index (χ2v) is 6.40. The molecule has 4 nitrogen and oxygen atoms in total. The maximum Gasteiger partial charge on any atom is 0.275 e. The molecule has 128 valence electrons. The van der Waals surface area contributed by atoms with E-state index >= 15 is 0 Å². The zero-order chi connectivity index (χ0) is 17.8. The number of rotatable bonds is 5. The Bertz CT molecular complexity index is 875. The monoisotopic (exact) mass is 374 g/mol. The van der Waals surface area contributed by atoms with Crippen molar-refractivity contribution in [2.75, 3.05) is 7.11 Å². The van der Waals surface area contributed by atoms with Gasteiger partial charge in [0.05, 0.1) is 7.11 Å². The highest BCUT2D eigenvalue weighted by Gasteiger charge is 2.20. The van der Waals surface area contributed by atoms with Crippen molar-refractivity contribution in [2.45, 2.75) is 12.8 Å². The van der Waals surface area contributed by atoms with Gasteiger partial charge in [0.25, 0.3) is 5.91 Å². The summed E-state index contributed by atoms with van der Waals surface area (Å²) >= 11 is 12.0. The second-order valence-electron chi connectivity index (χ2n) is 5.56. The van der Waals surface area contributed by atoms with E-state index in [1.54, 1.807) is 31.4 Å². The molecule has 0 fully saturated rings. The fourth-order valence-corrected chi connectivity index (χ4v) is 2.96. The van der Waals surface area contributed by atoms with Gasteiger partial charge in [0.15, 0.2) is 0 Å². The van der Waals surface area contributed by atoms with Crippen LogP contribution >= 0.6 is 23.2 Å². The van der Waals surface area contributed by atoms with Crippen LogP contribution in [0.4, 0.5) is 0 Å². The molecule has 0 unspecified atom stereocenters. The largest absolute Gasteiger partial charge is 0.497 e. The highest BCUT2D eigenvalue weighted by atomic mass is 35.5. The molecule has 25 heavy (non-hydrogen) atoms. The Morgan fingerprint density at radius 2 is 2.00 bits per heavy atom. The summed E-state index contributed by atoms with van der Waals surface area (Å²) in [5.41, 5.74) is 2.16. The zero-order valence-corrected chi connectivity index (χ0v) is 15.1. The number of aryl methyl sites for hydroxylation is 1. The SMILES string of the molecule is COc1cccc(CCC2=N/C(=C\c3ccc(Cl)cc3Cl)C(=O)N2)c1. The van der Waals surface area contributed by atoms with Gasteiger partial charge in [0.2, 0.25) is 0 Å². The molecule has 1 amide bonds. The van der Waals surface area contributed by atoms with E-state index < -0.39 is 0 Å². The maximum atomic E-state index is 12.1. The summed E-state index contributed by atoms with van der Waals surface area (Å²) in [5.74, 6) is 1.23. The normalized spacial score (nSPS) is 15.2. The second kappa shape index (κ2) is 7.72. The van der Waals surface area contributed by atoms with Crippen molar-refractivity contribution in [1.29, 1.82) is 0 Å². The van der Waals surface area contributed by atoms with Gasteiger partial charge in [0, 0.05) is 16.5 Å². The van der Waals surface area contributed by atoms with Gasteiger partial charge in [-0.2, -0.15) is 0 Å². The van der Waals surface area contributed by atoms with Crippen molar-refractivity contribution >= 4 is 41.0 Å². The Kier molecular flexibility index (Phi) is 5.41. The Morgan fingerprint density at radius 3 is 2.76 bits per heavy atom. The minimum atomic E-state index is -0.230. The molecular formula is C19H16Cl2N2O2. The van der Waals surface area contributed by atoms with Gasteiger partial charge in [-0.25, -0.2) is 4.99 Å². The van der Waals surface area contributed by atoms with Crippen molar-refractivity contribution in [3.8, 4) is 5.75 Å². The average molecular weight is 375 g/mol. The number of nitrogens with zero attached hydrogens (tertiary/aromatic N) is 1. The molecule has 2 aromatic carbocycles. The summed E-state index contributed by atoms with van der Waals surface area (Å²) in [6.07, 6.45) is 3.04. The smallest absolute Gasteiger partial charge is 0.275 e. The van der Waals surface area contributed by atoms with E-state index in [1.165, 1.54) is 0 Å². The molecule has 0 saturated carbocycles. The van der Waals surface area contributed by atoms with Crippen molar-refractivity contribution in [1.82, 2.24) is 5.32 Å². The van der Waals surface area contributed by atoms with Crippen molar-refractivity contribution in [3.63, 3.8) is 0 Å². The molecule has 1 aliphatic rings. The number of hydrogen-bond donors (Lipinski definition) is 1. The molecule has 0 aromatic heterocycles. The molecule has 0 bridgehead atoms. The van der Waals surface area contributed by atoms with Gasteiger partial charge >= 0.3 is 0 Å². The van der Waals surface area contributed by atoms with E-state index in [0.717, 1.165) is 17.7 Å². The molecule has 0 radical (unpaired) electrons. The highest BCUT2D eigenvalue weighted by Crippen LogP contribution is 2.24. The predicted octanol–water partition coefficient (Wildman–Crippen LogP) is 4.50. The van der Waals surface area contributed by atoms with Crippen LogP contribution in [0.15, 0.2) is 53.2 Å². The van der Waals surface area contributed by atoms with E-state index in [9.17, 15) is 4.79 Å². The number of ether oxygens (including phenoxy) is 1. The summed E-state index contributed by atoms with van der Waals surface area (Å²) in [4.78, 5) is 16.5. The first-order valence-corrected chi connectivity index (χ1v) is 8.49. The van der Waals surface area contributed by atoms with Gasteiger partial charge in [-0.3, -0.25) is 4.79 Å². The summed E-state index contributed by atoms with van der Waals surface area (Å²) in [6, 6.07) is 12.9. The molecule has 1 aliphatic heterocycles. The average Bonchev–Trinajstić information content (AvgIpc) is 2.95. The van der Waals surface area contributed by atoms with Crippen LogP contribution in [0.3, 0.4) is 0 Å². The molecule has 2 aromatic rings. The number of amides is 1. The summed E-state index contributed by atoms with van der Waals surface area (Å²) < 4.78 is 5.22. The standard InChI is InChI=1S/C19H16Cl2N2O2/c1-25-15-4-2-3-12(9-15)5-8-18-22-17(19(24)23-18)10-13-6-7-14(20)11-16(13)21/h2-4,6-7,9-11H,5,8H2,1H3,(H,22,23,24)/b17-10-. The summed E-state index contributed by atoms with van der Waals surface area (Å²) in [5, 5.41) is 3.82. The molecule has 0 atom stereocenters. The Morgan fingerprint density at radius 1 is 1.16 bits per heavy atom. The molecule has 0 saturated heterocycles. The predicted molar refractivity (Wildman–Crippen MR) is 101 cm³/mol. The number of aliphatic imine (C=N–C) groups is 1. The van der Waals surface area contributed by atoms with Crippen molar-refractivity contribution in [2.24, 2.45) is 4.99 Å². The number of carbonyl (C=O) groups is 1. The highest BCUT2D eigenvalue weighted by molar-refractivity contribution is 6.35. The first-order valence-electron chi connectivity index (χ1n) is 7.74. The summed E-state index contributed by atoms with van der Waals surface area (Å²) in [7, 11) is 1.64. The number of halogens is 2. The first kappa shape index (κ1) is 17.5.